The van der Waals surface area contributed by atoms with Crippen molar-refractivity contribution in [3.63, 3.8) is 0 Å². The number of hydrogen-bond donors (Lipinski definition) is 1. The summed E-state index contributed by atoms with van der Waals surface area (Å²) in [6, 6.07) is 4.24. The molecular weight excluding hydrogens is 275 g/mol. The molecule has 0 aliphatic rings. The highest BCUT2D eigenvalue weighted by atomic mass is 19.4. The van der Waals surface area contributed by atoms with E-state index in [1.165, 1.54) is 12.1 Å². The van der Waals surface area contributed by atoms with Crippen LogP contribution in [0.3, 0.4) is 0 Å². The van der Waals surface area contributed by atoms with Crippen LogP contribution in [-0.2, 0) is 6.18 Å². The Hall–Kier alpha value is -1.03. The highest BCUT2D eigenvalue weighted by molar-refractivity contribution is 5.34. The van der Waals surface area contributed by atoms with E-state index in [1.807, 2.05) is 0 Å². The van der Waals surface area contributed by atoms with Gasteiger partial charge in [-0.15, -0.1) is 0 Å². The molecule has 0 bridgehead atoms. The van der Waals surface area contributed by atoms with E-state index >= 15 is 0 Å². The monoisotopic (exact) mass is 301 g/mol. The average Bonchev–Trinajstić information content (AvgIpc) is 2.42. The molecule has 0 saturated carbocycles. The fourth-order valence-corrected chi connectivity index (χ4v) is 2.53. The number of halogens is 3. The summed E-state index contributed by atoms with van der Waals surface area (Å²) in [5.74, 6) is 0. The molecule has 120 valence electrons. The third-order valence-electron chi connectivity index (χ3n) is 3.71. The fourth-order valence-electron chi connectivity index (χ4n) is 2.53. The summed E-state index contributed by atoms with van der Waals surface area (Å²) >= 11 is 0. The van der Waals surface area contributed by atoms with E-state index in [0.29, 0.717) is 0 Å². The van der Waals surface area contributed by atoms with E-state index < -0.39 is 11.7 Å². The highest BCUT2D eigenvalue weighted by Crippen LogP contribution is 2.32. The number of hydrogen-bond acceptors (Lipinski definition) is 1. The van der Waals surface area contributed by atoms with Gasteiger partial charge in [0.05, 0.1) is 5.56 Å². The molecule has 4 heteroatoms. The van der Waals surface area contributed by atoms with Gasteiger partial charge in [0.2, 0.25) is 0 Å². The Bertz CT molecular complexity index is 427. The number of benzene rings is 1. The summed E-state index contributed by atoms with van der Waals surface area (Å²) in [6.45, 7) is 6.90. The quantitative estimate of drug-likeness (QED) is 0.613. The van der Waals surface area contributed by atoms with Gasteiger partial charge >= 0.3 is 6.18 Å². The number of nitrogens with one attached hydrogen (secondary N) is 1. The van der Waals surface area contributed by atoms with Gasteiger partial charge in [-0.1, -0.05) is 39.2 Å². The van der Waals surface area contributed by atoms with Crippen LogP contribution in [0.15, 0.2) is 18.2 Å². The van der Waals surface area contributed by atoms with E-state index in [2.05, 4.69) is 19.2 Å². The predicted octanol–water partition coefficient (Wildman–Crippen LogP) is 5.63. The maximum atomic E-state index is 12.7. The largest absolute Gasteiger partial charge is 0.416 e. The molecule has 0 heterocycles. The Balaban J connectivity index is 2.90. The zero-order valence-electron chi connectivity index (χ0n) is 13.2. The molecule has 1 aromatic carbocycles. The predicted molar refractivity (Wildman–Crippen MR) is 81.4 cm³/mol. The Kier molecular flexibility index (Phi) is 7.23. The number of rotatable bonds is 8. The van der Waals surface area contributed by atoms with Crippen molar-refractivity contribution in [2.75, 3.05) is 6.54 Å². The van der Waals surface area contributed by atoms with Gasteiger partial charge in [-0.25, -0.2) is 0 Å². The van der Waals surface area contributed by atoms with Crippen LogP contribution >= 0.6 is 0 Å². The van der Waals surface area contributed by atoms with Crippen molar-refractivity contribution in [2.24, 2.45) is 0 Å². The first-order valence-electron chi connectivity index (χ1n) is 7.81. The van der Waals surface area contributed by atoms with E-state index in [-0.39, 0.29) is 6.04 Å². The molecule has 1 nitrogen and oxygen atoms in total. The zero-order valence-corrected chi connectivity index (χ0v) is 13.2. The van der Waals surface area contributed by atoms with Crippen LogP contribution in [0.1, 0.15) is 68.7 Å². The number of aryl methyl sites for hydroxylation is 1. The fraction of sp³-hybridized carbons (Fsp3) is 0.647. The minimum absolute atomic E-state index is 0.152. The molecule has 1 atom stereocenters. The SMILES string of the molecule is CCCCCC(NCCC)c1ccc(C(F)(F)F)cc1C. The first-order chi connectivity index (χ1) is 9.90. The second-order valence-corrected chi connectivity index (χ2v) is 5.57. The van der Waals surface area contributed by atoms with E-state index in [1.54, 1.807) is 13.0 Å². The van der Waals surface area contributed by atoms with Crippen LogP contribution in [0.4, 0.5) is 13.2 Å². The van der Waals surface area contributed by atoms with Crippen LogP contribution in [0.25, 0.3) is 0 Å². The van der Waals surface area contributed by atoms with Gasteiger partial charge in [0, 0.05) is 6.04 Å². The lowest BCUT2D eigenvalue weighted by Crippen LogP contribution is -2.23. The summed E-state index contributed by atoms with van der Waals surface area (Å²) in [6.07, 6.45) is 1.12. The van der Waals surface area contributed by atoms with Crippen molar-refractivity contribution in [2.45, 2.75) is 65.1 Å². The van der Waals surface area contributed by atoms with Crippen LogP contribution in [0, 0.1) is 6.92 Å². The van der Waals surface area contributed by atoms with Crippen molar-refractivity contribution in [1.29, 1.82) is 0 Å². The lowest BCUT2D eigenvalue weighted by molar-refractivity contribution is -0.137. The summed E-state index contributed by atoms with van der Waals surface area (Å²) in [5.41, 5.74) is 1.15. The molecule has 0 amide bonds. The van der Waals surface area contributed by atoms with Crippen molar-refractivity contribution in [3.05, 3.63) is 34.9 Å². The first-order valence-corrected chi connectivity index (χ1v) is 7.81. The van der Waals surface area contributed by atoms with Gasteiger partial charge in [0.25, 0.3) is 0 Å². The molecule has 0 fully saturated rings. The van der Waals surface area contributed by atoms with E-state index in [9.17, 15) is 13.2 Å². The molecular formula is C17H26F3N. The third kappa shape index (κ3) is 5.70. The summed E-state index contributed by atoms with van der Waals surface area (Å²) in [5, 5.41) is 3.46. The maximum Gasteiger partial charge on any atom is 0.416 e. The minimum atomic E-state index is -4.27. The first kappa shape index (κ1) is 18.0. The number of unbranched alkanes of at least 4 members (excludes halogenated alkanes) is 2. The Morgan fingerprint density at radius 2 is 1.81 bits per heavy atom. The molecule has 0 radical (unpaired) electrons. The second kappa shape index (κ2) is 8.42. The zero-order chi connectivity index (χ0) is 15.9. The van der Waals surface area contributed by atoms with Crippen molar-refractivity contribution in [1.82, 2.24) is 5.32 Å². The molecule has 0 aliphatic heterocycles. The third-order valence-corrected chi connectivity index (χ3v) is 3.71. The van der Waals surface area contributed by atoms with Crippen LogP contribution in [-0.4, -0.2) is 6.54 Å². The molecule has 0 aromatic heterocycles. The molecule has 1 rings (SSSR count). The molecule has 0 aliphatic carbocycles. The second-order valence-electron chi connectivity index (χ2n) is 5.57. The van der Waals surface area contributed by atoms with Crippen molar-refractivity contribution in [3.8, 4) is 0 Å². The minimum Gasteiger partial charge on any atom is -0.310 e. The maximum absolute atomic E-state index is 12.7. The van der Waals surface area contributed by atoms with Gasteiger partial charge in [-0.2, -0.15) is 13.2 Å². The lowest BCUT2D eigenvalue weighted by Gasteiger charge is -2.22. The van der Waals surface area contributed by atoms with E-state index in [0.717, 1.165) is 49.8 Å². The van der Waals surface area contributed by atoms with Gasteiger partial charge < -0.3 is 5.32 Å². The standard InChI is InChI=1S/C17H26F3N/c1-4-6-7-8-16(21-11-5-2)15-10-9-14(12-13(15)3)17(18,19)20/h9-10,12,16,21H,4-8,11H2,1-3H3. The van der Waals surface area contributed by atoms with E-state index in [4.69, 9.17) is 0 Å². The van der Waals surface area contributed by atoms with Gasteiger partial charge in [-0.3, -0.25) is 0 Å². The van der Waals surface area contributed by atoms with Crippen molar-refractivity contribution >= 4 is 0 Å². The average molecular weight is 301 g/mol. The Morgan fingerprint density at radius 1 is 1.10 bits per heavy atom. The summed E-state index contributed by atoms with van der Waals surface area (Å²) < 4.78 is 38.2. The molecule has 0 spiro atoms. The molecule has 0 saturated heterocycles. The molecule has 1 aromatic rings. The van der Waals surface area contributed by atoms with Crippen LogP contribution < -0.4 is 5.32 Å². The molecule has 1 unspecified atom stereocenters. The topological polar surface area (TPSA) is 12.0 Å². The molecule has 21 heavy (non-hydrogen) atoms. The normalized spacial score (nSPS) is 13.4. The Morgan fingerprint density at radius 3 is 2.33 bits per heavy atom. The highest BCUT2D eigenvalue weighted by Gasteiger charge is 2.31. The van der Waals surface area contributed by atoms with Gasteiger partial charge in [-0.05, 0) is 49.6 Å². The van der Waals surface area contributed by atoms with Gasteiger partial charge in [0.1, 0.15) is 0 Å². The summed E-state index contributed by atoms with van der Waals surface area (Å²) in [4.78, 5) is 0. The van der Waals surface area contributed by atoms with Crippen LogP contribution in [0.5, 0.6) is 0 Å². The lowest BCUT2D eigenvalue weighted by atomic mass is 9.94. The Labute approximate surface area is 125 Å². The smallest absolute Gasteiger partial charge is 0.310 e. The summed E-state index contributed by atoms with van der Waals surface area (Å²) in [7, 11) is 0. The van der Waals surface area contributed by atoms with Crippen molar-refractivity contribution < 1.29 is 13.2 Å². The van der Waals surface area contributed by atoms with Gasteiger partial charge in [0.15, 0.2) is 0 Å². The number of alkyl halides is 3. The molecule has 1 N–H and O–H groups in total. The van der Waals surface area contributed by atoms with Crippen LogP contribution in [0.2, 0.25) is 0 Å².